The van der Waals surface area contributed by atoms with E-state index in [0.29, 0.717) is 19.2 Å². The van der Waals surface area contributed by atoms with Crippen molar-refractivity contribution in [3.63, 3.8) is 0 Å². The molecule has 0 bridgehead atoms. The summed E-state index contributed by atoms with van der Waals surface area (Å²) in [6.07, 6.45) is -0.102. The van der Waals surface area contributed by atoms with Gasteiger partial charge in [-0.2, -0.15) is 0 Å². The fourth-order valence-electron chi connectivity index (χ4n) is 2.72. The summed E-state index contributed by atoms with van der Waals surface area (Å²) in [5, 5.41) is 9.28. The molecule has 1 saturated heterocycles. The van der Waals surface area contributed by atoms with E-state index in [4.69, 9.17) is 10.5 Å². The van der Waals surface area contributed by atoms with Crippen LogP contribution in [0.3, 0.4) is 0 Å². The molecule has 0 aromatic heterocycles. The Morgan fingerprint density at radius 1 is 1.53 bits per heavy atom. The highest BCUT2D eigenvalue weighted by Crippen LogP contribution is 2.26. The van der Waals surface area contributed by atoms with Crippen LogP contribution >= 0.6 is 0 Å². The van der Waals surface area contributed by atoms with Crippen molar-refractivity contribution in [1.29, 1.82) is 0 Å². The number of aryl methyl sites for hydroxylation is 1. The lowest BCUT2D eigenvalue weighted by molar-refractivity contribution is -0.0907. The Hall–Kier alpha value is -0.940. The van der Waals surface area contributed by atoms with E-state index >= 15 is 0 Å². The monoisotopic (exact) mass is 264 g/mol. The minimum absolute atomic E-state index is 0.0638. The third-order valence-electron chi connectivity index (χ3n) is 3.81. The summed E-state index contributed by atoms with van der Waals surface area (Å²) in [4.78, 5) is 2.35. The minimum Gasteiger partial charge on any atom is -0.394 e. The minimum atomic E-state index is -0.102. The number of aliphatic hydroxyl groups excluding tert-OH is 1. The van der Waals surface area contributed by atoms with E-state index in [9.17, 15) is 5.11 Å². The van der Waals surface area contributed by atoms with Crippen LogP contribution in [0.2, 0.25) is 0 Å². The molecule has 0 aliphatic carbocycles. The molecule has 3 N–H and O–H groups in total. The largest absolute Gasteiger partial charge is 0.394 e. The molecular weight excluding hydrogens is 240 g/mol. The normalized spacial score (nSPS) is 26.3. The maximum Gasteiger partial charge on any atom is 0.0933 e. The smallest absolute Gasteiger partial charge is 0.0933 e. The zero-order valence-corrected chi connectivity index (χ0v) is 11.7. The summed E-state index contributed by atoms with van der Waals surface area (Å²) < 4.78 is 5.59. The van der Waals surface area contributed by atoms with Crippen LogP contribution in [0.4, 0.5) is 0 Å². The summed E-state index contributed by atoms with van der Waals surface area (Å²) in [6.45, 7) is 6.25. The molecule has 1 aromatic rings. The van der Waals surface area contributed by atoms with Gasteiger partial charge in [0.05, 0.1) is 19.3 Å². The van der Waals surface area contributed by atoms with E-state index in [1.54, 1.807) is 0 Å². The average molecular weight is 264 g/mol. The molecule has 1 aliphatic heterocycles. The van der Waals surface area contributed by atoms with Crippen LogP contribution in [0, 0.1) is 6.92 Å². The molecule has 1 aromatic carbocycles. The number of hydrogen-bond donors (Lipinski definition) is 2. The van der Waals surface area contributed by atoms with Crippen molar-refractivity contribution in [3.05, 3.63) is 35.4 Å². The first-order valence-electron chi connectivity index (χ1n) is 6.90. The summed E-state index contributed by atoms with van der Waals surface area (Å²) in [5.74, 6) is 0. The lowest BCUT2D eigenvalue weighted by Crippen LogP contribution is -2.52. The van der Waals surface area contributed by atoms with Gasteiger partial charge >= 0.3 is 0 Å². The molecule has 0 saturated carbocycles. The number of ether oxygens (including phenoxy) is 1. The maximum atomic E-state index is 9.28. The van der Waals surface area contributed by atoms with Gasteiger partial charge in [-0.05, 0) is 19.4 Å². The zero-order valence-electron chi connectivity index (χ0n) is 11.7. The summed E-state index contributed by atoms with van der Waals surface area (Å²) >= 11 is 0. The molecule has 2 rings (SSSR count). The fraction of sp³-hybridized carbons (Fsp3) is 0.600. The average Bonchev–Trinajstić information content (AvgIpc) is 2.42. The number of hydrogen-bond acceptors (Lipinski definition) is 4. The molecular formula is C15H24N2O2. The molecule has 4 nitrogen and oxygen atoms in total. The Labute approximate surface area is 115 Å². The van der Waals surface area contributed by atoms with Crippen LogP contribution in [-0.2, 0) is 4.74 Å². The van der Waals surface area contributed by atoms with Crippen LogP contribution in [0.5, 0.6) is 0 Å². The first kappa shape index (κ1) is 14.5. The first-order valence-corrected chi connectivity index (χ1v) is 6.90. The second-order valence-corrected chi connectivity index (χ2v) is 5.35. The van der Waals surface area contributed by atoms with Crippen LogP contribution in [-0.4, -0.2) is 48.5 Å². The van der Waals surface area contributed by atoms with Gasteiger partial charge in [0, 0.05) is 25.2 Å². The van der Waals surface area contributed by atoms with Gasteiger partial charge in [0.1, 0.15) is 0 Å². The predicted octanol–water partition coefficient (Wildman–Crippen LogP) is 1.08. The highest BCUT2D eigenvalue weighted by molar-refractivity contribution is 5.25. The van der Waals surface area contributed by atoms with Crippen molar-refractivity contribution in [2.75, 3.05) is 26.3 Å². The fourth-order valence-corrected chi connectivity index (χ4v) is 2.72. The van der Waals surface area contributed by atoms with E-state index in [1.807, 2.05) is 0 Å². The number of nitrogens with two attached hydrogens (primary N) is 1. The second-order valence-electron chi connectivity index (χ2n) is 5.35. The Morgan fingerprint density at radius 3 is 2.95 bits per heavy atom. The topological polar surface area (TPSA) is 58.7 Å². The van der Waals surface area contributed by atoms with Crippen LogP contribution in [0.1, 0.15) is 24.1 Å². The predicted molar refractivity (Wildman–Crippen MR) is 76.0 cm³/mol. The van der Waals surface area contributed by atoms with Gasteiger partial charge in [0.25, 0.3) is 0 Å². The van der Waals surface area contributed by atoms with E-state index in [-0.39, 0.29) is 18.8 Å². The second kappa shape index (κ2) is 6.48. The van der Waals surface area contributed by atoms with Crippen LogP contribution in [0.15, 0.2) is 24.3 Å². The molecule has 1 fully saturated rings. The molecule has 3 atom stereocenters. The number of rotatable bonds is 4. The van der Waals surface area contributed by atoms with E-state index in [0.717, 1.165) is 6.54 Å². The lowest BCUT2D eigenvalue weighted by atomic mass is 10.0. The van der Waals surface area contributed by atoms with Crippen molar-refractivity contribution in [3.8, 4) is 0 Å². The van der Waals surface area contributed by atoms with Crippen molar-refractivity contribution in [2.24, 2.45) is 5.73 Å². The molecule has 106 valence electrons. The standard InChI is InChI=1S/C15H24N2O2/c1-11-4-3-5-13(6-11)15(7-16)17-8-14(9-18)19-10-12(17)2/h3-6,12,14-15,18H,7-10,16H2,1-2H3. The van der Waals surface area contributed by atoms with Crippen molar-refractivity contribution in [2.45, 2.75) is 32.0 Å². The highest BCUT2D eigenvalue weighted by Gasteiger charge is 2.31. The molecule has 3 unspecified atom stereocenters. The van der Waals surface area contributed by atoms with Gasteiger partial charge in [-0.1, -0.05) is 29.8 Å². The van der Waals surface area contributed by atoms with Gasteiger partial charge < -0.3 is 15.6 Å². The number of aliphatic hydroxyl groups is 1. The molecule has 1 aliphatic rings. The summed E-state index contributed by atoms with van der Waals surface area (Å²) in [5.41, 5.74) is 8.48. The van der Waals surface area contributed by atoms with Gasteiger partial charge in [0.2, 0.25) is 0 Å². The van der Waals surface area contributed by atoms with Crippen LogP contribution < -0.4 is 5.73 Å². The maximum absolute atomic E-state index is 9.28. The third kappa shape index (κ3) is 3.34. The number of nitrogens with zero attached hydrogens (tertiary/aromatic N) is 1. The molecule has 4 heteroatoms. The molecule has 0 radical (unpaired) electrons. The van der Waals surface area contributed by atoms with Crippen molar-refractivity contribution < 1.29 is 9.84 Å². The van der Waals surface area contributed by atoms with Gasteiger partial charge in [-0.3, -0.25) is 4.90 Å². The van der Waals surface area contributed by atoms with E-state index < -0.39 is 0 Å². The Balaban J connectivity index is 2.20. The van der Waals surface area contributed by atoms with E-state index in [2.05, 4.69) is 43.0 Å². The van der Waals surface area contributed by atoms with Crippen molar-refractivity contribution in [1.82, 2.24) is 4.90 Å². The van der Waals surface area contributed by atoms with E-state index in [1.165, 1.54) is 11.1 Å². The lowest BCUT2D eigenvalue weighted by Gasteiger charge is -2.42. The number of benzene rings is 1. The molecule has 0 amide bonds. The zero-order chi connectivity index (χ0) is 13.8. The van der Waals surface area contributed by atoms with Gasteiger partial charge in [-0.15, -0.1) is 0 Å². The number of morpholine rings is 1. The first-order chi connectivity index (χ1) is 9.15. The SMILES string of the molecule is Cc1cccc(C(CN)N2CC(CO)OCC2C)c1. The molecule has 19 heavy (non-hydrogen) atoms. The molecule has 1 heterocycles. The van der Waals surface area contributed by atoms with Gasteiger partial charge in [0.15, 0.2) is 0 Å². The summed E-state index contributed by atoms with van der Waals surface area (Å²) in [7, 11) is 0. The Morgan fingerprint density at radius 2 is 2.32 bits per heavy atom. The Bertz CT molecular complexity index is 411. The van der Waals surface area contributed by atoms with Crippen LogP contribution in [0.25, 0.3) is 0 Å². The summed E-state index contributed by atoms with van der Waals surface area (Å²) in [6, 6.07) is 8.98. The Kier molecular flexibility index (Phi) is 4.93. The van der Waals surface area contributed by atoms with Gasteiger partial charge in [-0.25, -0.2) is 0 Å². The highest BCUT2D eigenvalue weighted by atomic mass is 16.5. The molecule has 0 spiro atoms. The quantitative estimate of drug-likeness (QED) is 0.854. The van der Waals surface area contributed by atoms with Crippen molar-refractivity contribution >= 4 is 0 Å². The third-order valence-corrected chi connectivity index (χ3v) is 3.81.